The first-order valence-electron chi connectivity index (χ1n) is 7.17. The van der Waals surface area contributed by atoms with Gasteiger partial charge >= 0.3 is 0 Å². The third-order valence-electron chi connectivity index (χ3n) is 4.28. The zero-order valence-corrected chi connectivity index (χ0v) is 11.7. The predicted molar refractivity (Wildman–Crippen MR) is 74.1 cm³/mol. The summed E-state index contributed by atoms with van der Waals surface area (Å²) in [5.41, 5.74) is 9.05. The average Bonchev–Trinajstić information content (AvgIpc) is 2.97. The van der Waals surface area contributed by atoms with Crippen molar-refractivity contribution in [3.05, 3.63) is 17.5 Å². The zero-order valence-electron chi connectivity index (χ0n) is 11.7. The minimum atomic E-state index is -0.0953. The van der Waals surface area contributed by atoms with Crippen molar-refractivity contribution in [3.8, 4) is 0 Å². The molecule has 1 aliphatic heterocycles. The Bertz CT molecular complexity index is 498. The fourth-order valence-corrected chi connectivity index (χ4v) is 3.11. The van der Waals surface area contributed by atoms with Crippen molar-refractivity contribution in [1.82, 2.24) is 9.78 Å². The van der Waals surface area contributed by atoms with Crippen LogP contribution in [0.5, 0.6) is 0 Å². The number of hydrogen-bond acceptors (Lipinski definition) is 4. The van der Waals surface area contributed by atoms with Gasteiger partial charge in [-0.25, -0.2) is 0 Å². The molecule has 19 heavy (non-hydrogen) atoms. The van der Waals surface area contributed by atoms with Crippen LogP contribution in [0.4, 0.5) is 0 Å². The van der Waals surface area contributed by atoms with Gasteiger partial charge in [-0.1, -0.05) is 5.16 Å². The Labute approximate surface area is 113 Å². The summed E-state index contributed by atoms with van der Waals surface area (Å²) in [6.45, 7) is 4.98. The van der Waals surface area contributed by atoms with Crippen molar-refractivity contribution in [2.45, 2.75) is 64.1 Å². The molecule has 0 amide bonds. The van der Waals surface area contributed by atoms with Crippen LogP contribution in [-0.2, 0) is 11.4 Å². The van der Waals surface area contributed by atoms with E-state index in [1.165, 1.54) is 0 Å². The molecule has 0 saturated heterocycles. The Hall–Kier alpha value is -1.36. The van der Waals surface area contributed by atoms with E-state index in [2.05, 4.69) is 23.2 Å². The lowest BCUT2D eigenvalue weighted by molar-refractivity contribution is -0.0478. The minimum Gasteiger partial charge on any atom is -0.389 e. The second-order valence-corrected chi connectivity index (χ2v) is 5.81. The van der Waals surface area contributed by atoms with Gasteiger partial charge in [-0.3, -0.25) is 4.68 Å². The fraction of sp³-hybridized carbons (Fsp3) is 0.714. The monoisotopic (exact) mass is 262 g/mol. The van der Waals surface area contributed by atoms with Crippen molar-refractivity contribution in [2.75, 3.05) is 0 Å². The molecule has 5 heteroatoms. The van der Waals surface area contributed by atoms with Gasteiger partial charge < -0.3 is 10.6 Å². The number of hydrogen-bond donors (Lipinski definition) is 1. The number of rotatable bonds is 2. The molecule has 1 saturated carbocycles. The molecule has 2 aliphatic rings. The maximum Gasteiger partial charge on any atom is 0.143 e. The number of nitrogens with zero attached hydrogens (tertiary/aromatic N) is 3. The van der Waals surface area contributed by atoms with Crippen LogP contribution in [0.2, 0.25) is 0 Å². The first-order valence-corrected chi connectivity index (χ1v) is 7.17. The first-order chi connectivity index (χ1) is 9.12. The Balaban J connectivity index is 1.78. The van der Waals surface area contributed by atoms with E-state index in [9.17, 15) is 0 Å². The van der Waals surface area contributed by atoms with E-state index < -0.39 is 0 Å². The van der Waals surface area contributed by atoms with Crippen molar-refractivity contribution in [1.29, 1.82) is 0 Å². The molecule has 3 rings (SSSR count). The van der Waals surface area contributed by atoms with E-state index >= 15 is 0 Å². The Morgan fingerprint density at radius 2 is 2.21 bits per heavy atom. The Kier molecular flexibility index (Phi) is 3.09. The summed E-state index contributed by atoms with van der Waals surface area (Å²) in [7, 11) is 0. The van der Waals surface area contributed by atoms with Crippen molar-refractivity contribution in [2.24, 2.45) is 10.9 Å². The van der Waals surface area contributed by atoms with Gasteiger partial charge in [-0.05, 0) is 45.6 Å². The SMILES string of the molecule is CCn1nc(C)cc1C1=NOC2(CCC(N)CC2)C1. The highest BCUT2D eigenvalue weighted by atomic mass is 16.7. The molecule has 0 aromatic carbocycles. The second kappa shape index (κ2) is 4.63. The summed E-state index contributed by atoms with van der Waals surface area (Å²) in [4.78, 5) is 5.80. The van der Waals surface area contributed by atoms with Crippen molar-refractivity contribution < 1.29 is 4.84 Å². The normalized spacial score (nSPS) is 30.5. The topological polar surface area (TPSA) is 65.4 Å². The predicted octanol–water partition coefficient (Wildman–Crippen LogP) is 1.98. The van der Waals surface area contributed by atoms with Crippen LogP contribution < -0.4 is 5.73 Å². The van der Waals surface area contributed by atoms with Gasteiger partial charge in [0.05, 0.1) is 11.4 Å². The Morgan fingerprint density at radius 3 is 2.89 bits per heavy atom. The number of nitrogens with two attached hydrogens (primary N) is 1. The highest BCUT2D eigenvalue weighted by Crippen LogP contribution is 2.39. The fourth-order valence-electron chi connectivity index (χ4n) is 3.11. The molecule has 2 heterocycles. The molecule has 0 atom stereocenters. The number of oxime groups is 1. The zero-order chi connectivity index (χ0) is 13.5. The summed E-state index contributed by atoms with van der Waals surface area (Å²) in [5, 5.41) is 8.82. The molecule has 5 nitrogen and oxygen atoms in total. The van der Waals surface area contributed by atoms with E-state index in [1.54, 1.807) is 0 Å². The van der Waals surface area contributed by atoms with Crippen LogP contribution in [0, 0.1) is 6.92 Å². The van der Waals surface area contributed by atoms with Gasteiger partial charge in [0.1, 0.15) is 11.3 Å². The molecule has 104 valence electrons. The third kappa shape index (κ3) is 2.27. The molecule has 0 radical (unpaired) electrons. The lowest BCUT2D eigenvalue weighted by atomic mass is 9.79. The van der Waals surface area contributed by atoms with Crippen LogP contribution in [0.1, 0.15) is 50.4 Å². The molecular formula is C14H22N4O. The maximum atomic E-state index is 5.97. The number of aromatic nitrogens is 2. The molecule has 1 aromatic rings. The first kappa shape index (κ1) is 12.7. The van der Waals surface area contributed by atoms with E-state index in [0.717, 1.165) is 55.7 Å². The van der Waals surface area contributed by atoms with Crippen molar-refractivity contribution in [3.63, 3.8) is 0 Å². The van der Waals surface area contributed by atoms with Crippen molar-refractivity contribution >= 4 is 5.71 Å². The van der Waals surface area contributed by atoms with Crippen LogP contribution in [0.15, 0.2) is 11.2 Å². The highest BCUT2D eigenvalue weighted by molar-refractivity contribution is 6.00. The van der Waals surface area contributed by atoms with Gasteiger partial charge in [0, 0.05) is 19.0 Å². The molecule has 1 aromatic heterocycles. The molecule has 0 unspecified atom stereocenters. The largest absolute Gasteiger partial charge is 0.389 e. The van der Waals surface area contributed by atoms with E-state index in [1.807, 2.05) is 11.6 Å². The van der Waals surface area contributed by atoms with Crippen LogP contribution in [0.3, 0.4) is 0 Å². The molecule has 0 bridgehead atoms. The highest BCUT2D eigenvalue weighted by Gasteiger charge is 2.42. The minimum absolute atomic E-state index is 0.0953. The number of aryl methyl sites for hydroxylation is 2. The molecule has 1 spiro atoms. The lowest BCUT2D eigenvalue weighted by Gasteiger charge is -2.33. The molecule has 2 N–H and O–H groups in total. The summed E-state index contributed by atoms with van der Waals surface area (Å²) in [6.07, 6.45) is 5.00. The molecule has 1 fully saturated rings. The summed E-state index contributed by atoms with van der Waals surface area (Å²) in [5.74, 6) is 0. The van der Waals surface area contributed by atoms with Gasteiger partial charge in [0.15, 0.2) is 0 Å². The average molecular weight is 262 g/mol. The van der Waals surface area contributed by atoms with Gasteiger partial charge in [-0.2, -0.15) is 5.10 Å². The lowest BCUT2D eigenvalue weighted by Crippen LogP contribution is -2.39. The summed E-state index contributed by atoms with van der Waals surface area (Å²) >= 11 is 0. The summed E-state index contributed by atoms with van der Waals surface area (Å²) < 4.78 is 2.01. The Morgan fingerprint density at radius 1 is 1.47 bits per heavy atom. The van der Waals surface area contributed by atoms with E-state index in [-0.39, 0.29) is 5.60 Å². The van der Waals surface area contributed by atoms with E-state index in [4.69, 9.17) is 10.6 Å². The second-order valence-electron chi connectivity index (χ2n) is 5.81. The van der Waals surface area contributed by atoms with E-state index in [0.29, 0.717) is 6.04 Å². The summed E-state index contributed by atoms with van der Waals surface area (Å²) in [6, 6.07) is 2.43. The van der Waals surface area contributed by atoms with Gasteiger partial charge in [0.2, 0.25) is 0 Å². The maximum absolute atomic E-state index is 5.97. The van der Waals surface area contributed by atoms with Gasteiger partial charge in [-0.15, -0.1) is 0 Å². The molecular weight excluding hydrogens is 240 g/mol. The van der Waals surface area contributed by atoms with Crippen LogP contribution in [-0.4, -0.2) is 27.1 Å². The van der Waals surface area contributed by atoms with Crippen LogP contribution in [0.25, 0.3) is 0 Å². The quantitative estimate of drug-likeness (QED) is 0.886. The van der Waals surface area contributed by atoms with Gasteiger partial charge in [0.25, 0.3) is 0 Å². The standard InChI is InChI=1S/C14H22N4O/c1-3-18-13(8-10(2)16-18)12-9-14(19-17-12)6-4-11(15)5-7-14/h8,11H,3-7,9,15H2,1-2H3. The smallest absolute Gasteiger partial charge is 0.143 e. The third-order valence-corrected chi connectivity index (χ3v) is 4.28. The molecule has 1 aliphatic carbocycles. The van der Waals surface area contributed by atoms with Crippen LogP contribution >= 0.6 is 0 Å².